The van der Waals surface area contributed by atoms with Crippen molar-refractivity contribution in [2.45, 2.75) is 25.7 Å². The van der Waals surface area contributed by atoms with E-state index in [0.29, 0.717) is 4.88 Å². The summed E-state index contributed by atoms with van der Waals surface area (Å²) < 4.78 is 44.0. The van der Waals surface area contributed by atoms with Gasteiger partial charge in [-0.05, 0) is 6.92 Å². The first-order valence-electron chi connectivity index (χ1n) is 5.27. The van der Waals surface area contributed by atoms with Crippen LogP contribution >= 0.6 is 11.3 Å². The quantitative estimate of drug-likeness (QED) is 0.649. The summed E-state index contributed by atoms with van der Waals surface area (Å²) >= 11 is 0.904. The average molecular weight is 311 g/mol. The molecule has 1 atom stereocenters. The van der Waals surface area contributed by atoms with Gasteiger partial charge in [-0.25, -0.2) is 9.78 Å². The Hall–Kier alpha value is -1.84. The highest BCUT2D eigenvalue weighted by Crippen LogP contribution is 2.34. The molecule has 1 aromatic heterocycles. The molecule has 1 heterocycles. The van der Waals surface area contributed by atoms with Crippen molar-refractivity contribution in [3.8, 4) is 0 Å². The third kappa shape index (κ3) is 3.18. The molecule has 0 radical (unpaired) electrons. The first-order chi connectivity index (χ1) is 9.12. The molecule has 2 N–H and O–H groups in total. The van der Waals surface area contributed by atoms with Crippen molar-refractivity contribution in [3.05, 3.63) is 11.1 Å². The molecule has 0 bridgehead atoms. The fourth-order valence-corrected chi connectivity index (χ4v) is 2.10. The average Bonchev–Trinajstić information content (AvgIpc) is 2.70. The van der Waals surface area contributed by atoms with E-state index in [2.05, 4.69) is 9.72 Å². The minimum Gasteiger partial charge on any atom is -0.466 e. The highest BCUT2D eigenvalue weighted by atomic mass is 32.1. The maximum atomic E-state index is 13.3. The van der Waals surface area contributed by atoms with E-state index in [-0.39, 0.29) is 5.13 Å². The summed E-state index contributed by atoms with van der Waals surface area (Å²) in [5, 5.41) is 3.30. The third-order valence-corrected chi connectivity index (χ3v) is 3.02. The molecule has 0 aliphatic rings. The zero-order chi connectivity index (χ0) is 15.6. The van der Waals surface area contributed by atoms with Crippen LogP contribution in [0.5, 0.6) is 0 Å². The number of aromatic nitrogens is 1. The van der Waals surface area contributed by atoms with Crippen molar-refractivity contribution in [1.82, 2.24) is 10.3 Å². The standard InChI is InChI=1S/C10H12F3N3O3S/c1-5-4-14-8(20-5)16-9(7(18)19-3,10(11,12)13)15-6(2)17/h4H,1-3H3,(H,14,16)(H,15,17). The number of anilines is 1. The van der Waals surface area contributed by atoms with Gasteiger partial charge < -0.3 is 15.4 Å². The molecule has 0 aliphatic carbocycles. The number of alkyl halides is 3. The highest BCUT2D eigenvalue weighted by Gasteiger charge is 2.63. The van der Waals surface area contributed by atoms with Gasteiger partial charge in [0.05, 0.1) is 7.11 Å². The Morgan fingerprint density at radius 2 is 2.00 bits per heavy atom. The van der Waals surface area contributed by atoms with Crippen LogP contribution in [0.25, 0.3) is 0 Å². The van der Waals surface area contributed by atoms with Crippen molar-refractivity contribution in [1.29, 1.82) is 0 Å². The third-order valence-electron chi connectivity index (χ3n) is 2.20. The van der Waals surface area contributed by atoms with E-state index in [0.717, 1.165) is 25.4 Å². The lowest BCUT2D eigenvalue weighted by Gasteiger charge is -2.33. The minimum atomic E-state index is -5.12. The van der Waals surface area contributed by atoms with Gasteiger partial charge in [0, 0.05) is 18.0 Å². The molecule has 10 heteroatoms. The smallest absolute Gasteiger partial charge is 0.442 e. The van der Waals surface area contributed by atoms with Crippen molar-refractivity contribution in [2.24, 2.45) is 0 Å². The minimum absolute atomic E-state index is 0.168. The van der Waals surface area contributed by atoms with Gasteiger partial charge in [-0.1, -0.05) is 0 Å². The zero-order valence-electron chi connectivity index (χ0n) is 10.8. The van der Waals surface area contributed by atoms with Crippen molar-refractivity contribution in [3.63, 3.8) is 0 Å². The van der Waals surface area contributed by atoms with Crippen molar-refractivity contribution in [2.75, 3.05) is 12.4 Å². The van der Waals surface area contributed by atoms with E-state index in [1.807, 2.05) is 5.32 Å². The number of rotatable bonds is 4. The Labute approximate surface area is 116 Å². The van der Waals surface area contributed by atoms with Crippen LogP contribution in [0.4, 0.5) is 18.3 Å². The number of hydrogen-bond donors (Lipinski definition) is 2. The number of amides is 1. The van der Waals surface area contributed by atoms with E-state index < -0.39 is 23.7 Å². The normalized spacial score (nSPS) is 14.3. The van der Waals surface area contributed by atoms with Gasteiger partial charge in [-0.3, -0.25) is 4.79 Å². The monoisotopic (exact) mass is 311 g/mol. The summed E-state index contributed by atoms with van der Waals surface area (Å²) in [5.74, 6) is -2.73. The number of nitrogens with zero attached hydrogens (tertiary/aromatic N) is 1. The van der Waals surface area contributed by atoms with Crippen LogP contribution in [0.1, 0.15) is 11.8 Å². The number of nitrogens with one attached hydrogen (secondary N) is 2. The first kappa shape index (κ1) is 16.2. The Balaban J connectivity index is 3.28. The molecule has 6 nitrogen and oxygen atoms in total. The summed E-state index contributed by atoms with van der Waals surface area (Å²) in [6.07, 6.45) is -3.79. The molecule has 0 aromatic carbocycles. The fraction of sp³-hybridized carbons (Fsp3) is 0.500. The lowest BCUT2D eigenvalue weighted by molar-refractivity contribution is -0.206. The number of carbonyl (C=O) groups excluding carboxylic acids is 2. The number of aryl methyl sites for hydroxylation is 1. The molecule has 0 saturated heterocycles. The van der Waals surface area contributed by atoms with E-state index in [4.69, 9.17) is 0 Å². The van der Waals surface area contributed by atoms with Crippen LogP contribution in [0, 0.1) is 6.92 Å². The highest BCUT2D eigenvalue weighted by molar-refractivity contribution is 7.15. The number of thiazole rings is 1. The molecule has 112 valence electrons. The lowest BCUT2D eigenvalue weighted by Crippen LogP contribution is -2.69. The second-order valence-electron chi connectivity index (χ2n) is 3.82. The van der Waals surface area contributed by atoms with Crippen LogP contribution in [0.15, 0.2) is 6.20 Å². The second-order valence-corrected chi connectivity index (χ2v) is 5.06. The molecule has 0 spiro atoms. The van der Waals surface area contributed by atoms with Crippen LogP contribution < -0.4 is 10.6 Å². The van der Waals surface area contributed by atoms with Gasteiger partial charge in [0.25, 0.3) is 0 Å². The van der Waals surface area contributed by atoms with Gasteiger partial charge in [-0.2, -0.15) is 13.2 Å². The molecular weight excluding hydrogens is 299 g/mol. The van der Waals surface area contributed by atoms with Crippen LogP contribution in [-0.4, -0.2) is 35.8 Å². The molecule has 0 fully saturated rings. The number of carbonyl (C=O) groups is 2. The molecule has 0 saturated carbocycles. The van der Waals surface area contributed by atoms with Crippen LogP contribution in [0.3, 0.4) is 0 Å². The largest absolute Gasteiger partial charge is 0.466 e. The molecule has 1 rings (SSSR count). The van der Waals surface area contributed by atoms with Crippen LogP contribution in [-0.2, 0) is 14.3 Å². The zero-order valence-corrected chi connectivity index (χ0v) is 11.6. The summed E-state index contributed by atoms with van der Waals surface area (Å²) in [6.45, 7) is 2.49. The maximum absolute atomic E-state index is 13.3. The number of ether oxygens (including phenoxy) is 1. The molecule has 1 amide bonds. The molecule has 0 aliphatic heterocycles. The van der Waals surface area contributed by atoms with Gasteiger partial charge in [0.2, 0.25) is 5.91 Å². The fourth-order valence-electron chi connectivity index (χ4n) is 1.38. The summed E-state index contributed by atoms with van der Waals surface area (Å²) in [5.41, 5.74) is -3.38. The number of esters is 1. The van der Waals surface area contributed by atoms with Crippen LogP contribution in [0.2, 0.25) is 0 Å². The molecule has 1 aromatic rings. The number of hydrogen-bond acceptors (Lipinski definition) is 6. The van der Waals surface area contributed by atoms with E-state index in [1.54, 1.807) is 12.2 Å². The summed E-state index contributed by atoms with van der Waals surface area (Å²) in [4.78, 5) is 27.0. The Morgan fingerprint density at radius 3 is 2.35 bits per heavy atom. The number of methoxy groups -OCH3 is 1. The van der Waals surface area contributed by atoms with Gasteiger partial charge in [0.1, 0.15) is 0 Å². The first-order valence-corrected chi connectivity index (χ1v) is 6.08. The Bertz CT molecular complexity index is 517. The Kier molecular flexibility index (Phi) is 4.58. The van der Waals surface area contributed by atoms with Crippen molar-refractivity contribution < 1.29 is 27.5 Å². The Morgan fingerprint density at radius 1 is 1.40 bits per heavy atom. The van der Waals surface area contributed by atoms with Crippen molar-refractivity contribution >= 4 is 28.3 Å². The number of halogens is 3. The second kappa shape index (κ2) is 5.65. The van der Waals surface area contributed by atoms with Gasteiger partial charge in [0.15, 0.2) is 5.13 Å². The van der Waals surface area contributed by atoms with E-state index in [9.17, 15) is 22.8 Å². The van der Waals surface area contributed by atoms with E-state index in [1.165, 1.54) is 6.20 Å². The predicted molar refractivity (Wildman–Crippen MR) is 65.1 cm³/mol. The SMILES string of the molecule is COC(=O)C(NC(C)=O)(Nc1ncc(C)s1)C(F)(F)F. The van der Waals surface area contributed by atoms with Gasteiger partial charge in [-0.15, -0.1) is 11.3 Å². The predicted octanol–water partition coefficient (Wildman–Crippen LogP) is 1.43. The summed E-state index contributed by atoms with van der Waals surface area (Å²) in [7, 11) is 0.791. The van der Waals surface area contributed by atoms with E-state index >= 15 is 0 Å². The molecular formula is C10H12F3N3O3S. The topological polar surface area (TPSA) is 80.3 Å². The summed E-state index contributed by atoms with van der Waals surface area (Å²) in [6, 6.07) is 0. The molecule has 20 heavy (non-hydrogen) atoms. The lowest BCUT2D eigenvalue weighted by atomic mass is 10.1. The maximum Gasteiger partial charge on any atom is 0.442 e. The van der Waals surface area contributed by atoms with Gasteiger partial charge >= 0.3 is 17.8 Å². The molecule has 1 unspecified atom stereocenters.